The van der Waals surface area contributed by atoms with Crippen molar-refractivity contribution in [3.8, 4) is 5.69 Å². The number of carbonyl (C=O) groups excluding carboxylic acids is 2. The highest BCUT2D eigenvalue weighted by Crippen LogP contribution is 2.27. The number of amides is 2. The number of sulfonamides is 1. The minimum Gasteiger partial charge on any atom is -0.379 e. The minimum atomic E-state index is -3.67. The molecule has 0 aliphatic carbocycles. The number of morpholine rings is 1. The molecule has 11 nitrogen and oxygen atoms in total. The van der Waals surface area contributed by atoms with Crippen molar-refractivity contribution >= 4 is 39.3 Å². The number of hydrogen-bond donors (Lipinski definition) is 2. The van der Waals surface area contributed by atoms with Gasteiger partial charge in [0.2, 0.25) is 15.9 Å². The van der Waals surface area contributed by atoms with Crippen LogP contribution in [0.25, 0.3) is 5.69 Å². The molecule has 1 aliphatic rings. The van der Waals surface area contributed by atoms with E-state index in [2.05, 4.69) is 20.8 Å². The van der Waals surface area contributed by atoms with Crippen molar-refractivity contribution in [2.75, 3.05) is 37.4 Å². The Bertz CT molecular complexity index is 1820. The predicted molar refractivity (Wildman–Crippen MR) is 173 cm³/mol. The summed E-state index contributed by atoms with van der Waals surface area (Å²) in [4.78, 5) is 26.1. The number of anilines is 1. The molecule has 0 bridgehead atoms. The van der Waals surface area contributed by atoms with Gasteiger partial charge >= 0.3 is 0 Å². The quantitative estimate of drug-likeness (QED) is 0.245. The molecular formula is C32H36N6O5S2. The molecule has 3 aromatic carbocycles. The number of rotatable bonds is 10. The highest BCUT2D eigenvalue weighted by molar-refractivity contribution is 7.99. The van der Waals surface area contributed by atoms with Crippen LogP contribution in [0.3, 0.4) is 0 Å². The van der Waals surface area contributed by atoms with Gasteiger partial charge < -0.3 is 15.4 Å². The smallest absolute Gasteiger partial charge is 0.251 e. The van der Waals surface area contributed by atoms with E-state index >= 15 is 0 Å². The van der Waals surface area contributed by atoms with Gasteiger partial charge in [-0.2, -0.15) is 4.31 Å². The van der Waals surface area contributed by atoms with Gasteiger partial charge in [-0.3, -0.25) is 14.2 Å². The van der Waals surface area contributed by atoms with Gasteiger partial charge in [-0.05, 0) is 86.3 Å². The third-order valence-corrected chi connectivity index (χ3v) is 10.5. The number of benzene rings is 3. The molecule has 2 heterocycles. The van der Waals surface area contributed by atoms with Crippen molar-refractivity contribution in [2.45, 2.75) is 44.3 Å². The van der Waals surface area contributed by atoms with Crippen LogP contribution < -0.4 is 10.6 Å². The van der Waals surface area contributed by atoms with E-state index in [4.69, 9.17) is 4.74 Å². The second-order valence-electron chi connectivity index (χ2n) is 10.8. The number of carbonyl (C=O) groups is 2. The SMILES string of the molecule is Cc1ccc(C)c(NC(=O)CSc2nnc(CNC(=O)c3ccc(S(=O)(=O)N4CCOCC4)cc3)n2-c2cccc(C)c2C)c1. The summed E-state index contributed by atoms with van der Waals surface area (Å²) in [6.45, 7) is 9.29. The van der Waals surface area contributed by atoms with E-state index in [1.807, 2.05) is 68.7 Å². The first-order valence-electron chi connectivity index (χ1n) is 14.5. The minimum absolute atomic E-state index is 0.0578. The fourth-order valence-corrected chi connectivity index (χ4v) is 7.06. The van der Waals surface area contributed by atoms with E-state index in [9.17, 15) is 18.0 Å². The second-order valence-corrected chi connectivity index (χ2v) is 13.7. The van der Waals surface area contributed by atoms with Crippen LogP contribution in [-0.4, -0.2) is 71.4 Å². The number of thioether (sulfide) groups is 1. The normalized spacial score (nSPS) is 13.9. The van der Waals surface area contributed by atoms with Crippen LogP contribution in [0.5, 0.6) is 0 Å². The lowest BCUT2D eigenvalue weighted by molar-refractivity contribution is -0.113. The number of aryl methyl sites for hydroxylation is 3. The predicted octanol–water partition coefficient (Wildman–Crippen LogP) is 4.18. The zero-order chi connectivity index (χ0) is 32.1. The van der Waals surface area contributed by atoms with Crippen LogP contribution in [0.1, 0.15) is 38.4 Å². The molecule has 1 fully saturated rings. The van der Waals surface area contributed by atoms with Gasteiger partial charge in [-0.15, -0.1) is 10.2 Å². The van der Waals surface area contributed by atoms with Crippen molar-refractivity contribution in [2.24, 2.45) is 0 Å². The number of ether oxygens (including phenoxy) is 1. The highest BCUT2D eigenvalue weighted by atomic mass is 32.2. The molecule has 0 radical (unpaired) electrons. The molecule has 0 unspecified atom stereocenters. The maximum atomic E-state index is 13.1. The molecule has 1 aromatic heterocycles. The molecule has 2 amide bonds. The highest BCUT2D eigenvalue weighted by Gasteiger charge is 2.26. The lowest BCUT2D eigenvalue weighted by Crippen LogP contribution is -2.40. The molecular weight excluding hydrogens is 613 g/mol. The van der Waals surface area contributed by atoms with Gasteiger partial charge in [0, 0.05) is 24.3 Å². The molecule has 236 valence electrons. The van der Waals surface area contributed by atoms with Crippen molar-refractivity contribution in [3.05, 3.63) is 94.3 Å². The first-order valence-corrected chi connectivity index (χ1v) is 16.9. The Labute approximate surface area is 267 Å². The number of nitrogens with zero attached hydrogens (tertiary/aromatic N) is 4. The van der Waals surface area contributed by atoms with Gasteiger partial charge in [-0.25, -0.2) is 8.42 Å². The van der Waals surface area contributed by atoms with E-state index in [1.165, 1.54) is 40.3 Å². The zero-order valence-electron chi connectivity index (χ0n) is 25.7. The largest absolute Gasteiger partial charge is 0.379 e. The fraction of sp³-hybridized carbons (Fsp3) is 0.312. The Morgan fingerprint density at radius 3 is 2.40 bits per heavy atom. The second kappa shape index (κ2) is 13.9. The summed E-state index contributed by atoms with van der Waals surface area (Å²) in [5.74, 6) is 0.0460. The Morgan fingerprint density at radius 2 is 1.67 bits per heavy atom. The molecule has 13 heteroatoms. The van der Waals surface area contributed by atoms with E-state index in [0.29, 0.717) is 42.8 Å². The Balaban J connectivity index is 1.31. The third-order valence-electron chi connectivity index (χ3n) is 7.65. The summed E-state index contributed by atoms with van der Waals surface area (Å²) in [5, 5.41) is 15.1. The van der Waals surface area contributed by atoms with Crippen molar-refractivity contribution in [1.29, 1.82) is 0 Å². The molecule has 1 aliphatic heterocycles. The average Bonchev–Trinajstić information content (AvgIpc) is 3.44. The van der Waals surface area contributed by atoms with Gasteiger partial charge in [0.25, 0.3) is 5.91 Å². The standard InChI is InChI=1S/C32H36N6O5S2/c1-21-8-9-23(3)27(18-21)34-30(39)20-44-32-36-35-29(38(32)28-7-5-6-22(2)24(28)4)19-33-31(40)25-10-12-26(13-11-25)45(41,42)37-14-16-43-17-15-37/h5-13,18H,14-17,19-20H2,1-4H3,(H,33,40)(H,34,39). The maximum Gasteiger partial charge on any atom is 0.251 e. The molecule has 0 atom stereocenters. The van der Waals surface area contributed by atoms with Crippen molar-refractivity contribution < 1.29 is 22.7 Å². The number of hydrogen-bond acceptors (Lipinski definition) is 8. The van der Waals surface area contributed by atoms with Crippen LogP contribution in [0.2, 0.25) is 0 Å². The maximum absolute atomic E-state index is 13.1. The summed E-state index contributed by atoms with van der Waals surface area (Å²) < 4.78 is 34.4. The van der Waals surface area contributed by atoms with Gasteiger partial charge in [0.15, 0.2) is 11.0 Å². The topological polar surface area (TPSA) is 136 Å². The van der Waals surface area contributed by atoms with Crippen molar-refractivity contribution in [3.63, 3.8) is 0 Å². The van der Waals surface area contributed by atoms with Crippen molar-refractivity contribution in [1.82, 2.24) is 24.4 Å². The van der Waals surface area contributed by atoms with Crippen LogP contribution in [0.15, 0.2) is 70.7 Å². The molecule has 45 heavy (non-hydrogen) atoms. The fourth-order valence-electron chi connectivity index (χ4n) is 4.89. The Morgan fingerprint density at radius 1 is 0.933 bits per heavy atom. The van der Waals surface area contributed by atoms with Crippen LogP contribution in [0, 0.1) is 27.7 Å². The lowest BCUT2D eigenvalue weighted by atomic mass is 10.1. The molecule has 4 aromatic rings. The van der Waals surface area contributed by atoms with Gasteiger partial charge in [0.1, 0.15) is 0 Å². The monoisotopic (exact) mass is 648 g/mol. The van der Waals surface area contributed by atoms with Crippen LogP contribution >= 0.6 is 11.8 Å². The first kappa shape index (κ1) is 32.4. The summed E-state index contributed by atoms with van der Waals surface area (Å²) in [7, 11) is -3.67. The Hall–Kier alpha value is -4.04. The van der Waals surface area contributed by atoms with E-state index < -0.39 is 10.0 Å². The lowest BCUT2D eigenvalue weighted by Gasteiger charge is -2.26. The molecule has 2 N–H and O–H groups in total. The zero-order valence-corrected chi connectivity index (χ0v) is 27.3. The summed E-state index contributed by atoms with van der Waals surface area (Å²) in [6.07, 6.45) is 0. The molecule has 5 rings (SSSR count). The van der Waals surface area contributed by atoms with Crippen LogP contribution in [0.4, 0.5) is 5.69 Å². The molecule has 0 spiro atoms. The third kappa shape index (κ3) is 7.44. The van der Waals surface area contributed by atoms with E-state index in [0.717, 1.165) is 33.6 Å². The molecule has 1 saturated heterocycles. The first-order chi connectivity index (χ1) is 21.5. The number of aromatic nitrogens is 3. The number of nitrogens with one attached hydrogen (secondary N) is 2. The van der Waals surface area contributed by atoms with Gasteiger partial charge in [-0.1, -0.05) is 36.0 Å². The summed E-state index contributed by atoms with van der Waals surface area (Å²) >= 11 is 1.26. The Kier molecular flexibility index (Phi) is 10.0. The average molecular weight is 649 g/mol. The molecule has 0 saturated carbocycles. The summed E-state index contributed by atoms with van der Waals surface area (Å²) in [5.41, 5.74) is 6.05. The van der Waals surface area contributed by atoms with E-state index in [-0.39, 0.29) is 29.0 Å². The van der Waals surface area contributed by atoms with Gasteiger partial charge in [0.05, 0.1) is 36.1 Å². The van der Waals surface area contributed by atoms with Crippen LogP contribution in [-0.2, 0) is 26.1 Å². The summed E-state index contributed by atoms with van der Waals surface area (Å²) in [6, 6.07) is 17.7. The van der Waals surface area contributed by atoms with E-state index in [1.54, 1.807) is 0 Å².